The Labute approximate surface area is 316 Å². The van der Waals surface area contributed by atoms with Crippen molar-refractivity contribution in [3.63, 3.8) is 0 Å². The lowest BCUT2D eigenvalue weighted by Gasteiger charge is -2.60. The van der Waals surface area contributed by atoms with E-state index in [0.717, 1.165) is 94.6 Å². The van der Waals surface area contributed by atoms with E-state index < -0.39 is 65.2 Å². The van der Waals surface area contributed by atoms with Crippen LogP contribution < -0.4 is 4.74 Å². The summed E-state index contributed by atoms with van der Waals surface area (Å²) < 4.78 is 134. The summed E-state index contributed by atoms with van der Waals surface area (Å²) in [6, 6.07) is 4.44. The summed E-state index contributed by atoms with van der Waals surface area (Å²) in [5.41, 5.74) is 1.24. The van der Waals surface area contributed by atoms with Crippen LogP contribution in [0.3, 0.4) is 0 Å². The zero-order valence-electron chi connectivity index (χ0n) is 30.8. The van der Waals surface area contributed by atoms with Gasteiger partial charge < -0.3 is 4.74 Å². The van der Waals surface area contributed by atoms with Crippen LogP contribution in [-0.2, 0) is 24.4 Å². The summed E-state index contributed by atoms with van der Waals surface area (Å²) in [5.74, 6) is -9.31. The maximum atomic E-state index is 15.2. The average molecular weight is 797 g/mol. The number of hydrogen-bond donors (Lipinski definition) is 1. The quantitative estimate of drug-likeness (QED) is 0.110. The molecular weight excluding hydrogens is 745 g/mol. The van der Waals surface area contributed by atoms with E-state index in [0.29, 0.717) is 36.5 Å². The molecule has 2 unspecified atom stereocenters. The van der Waals surface area contributed by atoms with E-state index in [2.05, 4.69) is 12.1 Å². The fourth-order valence-electron chi connectivity index (χ4n) is 12.2. The third-order valence-electron chi connectivity index (χ3n) is 14.0. The van der Waals surface area contributed by atoms with Gasteiger partial charge in [0.2, 0.25) is 11.6 Å². The zero-order chi connectivity index (χ0) is 38.0. The molecule has 0 heterocycles. The minimum Gasteiger partial charge on any atom is -0.487 e. The van der Waals surface area contributed by atoms with Gasteiger partial charge in [-0.2, -0.15) is 25.6 Å². The second kappa shape index (κ2) is 14.6. The Hall–Kier alpha value is -2.22. The first-order valence-electron chi connectivity index (χ1n) is 20.3. The fraction of sp³-hybridized carbons (Fsp3) is 0.707. The molecule has 54 heavy (non-hydrogen) atoms. The van der Waals surface area contributed by atoms with Crippen LogP contribution in [0.15, 0.2) is 21.9 Å². The van der Waals surface area contributed by atoms with Crippen molar-refractivity contribution >= 4 is 20.2 Å². The van der Waals surface area contributed by atoms with Crippen LogP contribution in [0.1, 0.15) is 169 Å². The molecule has 9 rings (SSSR count). The Bertz CT molecular complexity index is 1900. The molecule has 0 spiro atoms. The summed E-state index contributed by atoms with van der Waals surface area (Å²) in [5, 5.41) is 0. The minimum atomic E-state index is -5.61. The highest BCUT2D eigenvalue weighted by Gasteiger charge is 2.60. The van der Waals surface area contributed by atoms with E-state index >= 15 is 17.2 Å². The second-order valence-corrected chi connectivity index (χ2v) is 20.7. The molecule has 0 amide bonds. The van der Waals surface area contributed by atoms with Crippen LogP contribution in [-0.4, -0.2) is 33.6 Å². The number of benzene rings is 2. The minimum absolute atomic E-state index is 0.0550. The first-order chi connectivity index (χ1) is 25.7. The Balaban J connectivity index is 1.15. The van der Waals surface area contributed by atoms with Crippen molar-refractivity contribution in [2.24, 2.45) is 17.3 Å². The molecule has 13 heteroatoms. The van der Waals surface area contributed by atoms with Crippen LogP contribution in [0.4, 0.5) is 17.6 Å². The predicted molar refractivity (Wildman–Crippen MR) is 194 cm³/mol. The molecule has 0 saturated heterocycles. The smallest absolute Gasteiger partial charge is 0.300 e. The monoisotopic (exact) mass is 796 g/mol. The molecule has 0 aromatic heterocycles. The van der Waals surface area contributed by atoms with Crippen LogP contribution in [0, 0.1) is 40.5 Å². The average Bonchev–Trinajstić information content (AvgIpc) is 3.13. The third kappa shape index (κ3) is 7.25. The Morgan fingerprint density at radius 2 is 1.09 bits per heavy atom. The molecule has 7 fully saturated rings. The van der Waals surface area contributed by atoms with Crippen molar-refractivity contribution in [2.45, 2.75) is 168 Å². The number of hydrogen-bond acceptors (Lipinski definition) is 6. The molecule has 0 aliphatic heterocycles. The van der Waals surface area contributed by atoms with Crippen molar-refractivity contribution in [3.05, 3.63) is 52.1 Å². The third-order valence-corrected chi connectivity index (χ3v) is 16.4. The molecule has 4 bridgehead atoms. The Morgan fingerprint density at radius 3 is 1.56 bits per heavy atom. The fourth-order valence-corrected chi connectivity index (χ4v) is 14.6. The summed E-state index contributed by atoms with van der Waals surface area (Å²) in [6.45, 7) is -0.375. The molecule has 7 aliphatic carbocycles. The van der Waals surface area contributed by atoms with Crippen LogP contribution >= 0.6 is 0 Å². The Kier molecular flexibility index (Phi) is 10.5. The predicted octanol–water partition coefficient (Wildman–Crippen LogP) is 10.8. The first kappa shape index (κ1) is 38.6. The largest absolute Gasteiger partial charge is 0.487 e. The van der Waals surface area contributed by atoms with Crippen molar-refractivity contribution in [3.8, 4) is 5.75 Å². The molecule has 2 atom stereocenters. The van der Waals surface area contributed by atoms with Gasteiger partial charge in [0.15, 0.2) is 22.3 Å². The van der Waals surface area contributed by atoms with Crippen molar-refractivity contribution < 1.29 is 47.9 Å². The van der Waals surface area contributed by atoms with E-state index in [1.165, 1.54) is 24.8 Å². The van der Waals surface area contributed by atoms with Gasteiger partial charge in [0.1, 0.15) is 4.90 Å². The zero-order valence-corrected chi connectivity index (χ0v) is 32.5. The topological polar surface area (TPSA) is 107 Å². The van der Waals surface area contributed by atoms with Gasteiger partial charge in [0, 0.05) is 5.41 Å². The molecule has 2 aromatic carbocycles. The molecule has 7 aliphatic rings. The first-order valence-corrected chi connectivity index (χ1v) is 23.1. The number of ether oxygens (including phenoxy) is 1. The lowest BCUT2D eigenvalue weighted by molar-refractivity contribution is -0.158. The number of rotatable bonds is 10. The van der Waals surface area contributed by atoms with E-state index in [-0.39, 0.29) is 36.7 Å². The highest BCUT2D eigenvalue weighted by Crippen LogP contribution is 2.64. The molecule has 2 aromatic rings. The summed E-state index contributed by atoms with van der Waals surface area (Å²) >= 11 is 0. The molecule has 7 nitrogen and oxygen atoms in total. The summed E-state index contributed by atoms with van der Waals surface area (Å²) in [7, 11) is -9.92. The lowest BCUT2D eigenvalue weighted by atomic mass is 9.48. The van der Waals surface area contributed by atoms with E-state index in [9.17, 15) is 21.8 Å². The molecular formula is C41H52F4O7S2. The van der Waals surface area contributed by atoms with E-state index in [1.54, 1.807) is 0 Å². The molecule has 7 saturated carbocycles. The van der Waals surface area contributed by atoms with Gasteiger partial charge in [-0.25, -0.2) is 8.78 Å². The second-order valence-electron chi connectivity index (χ2n) is 17.9. The molecule has 1 N–H and O–H groups in total. The van der Waals surface area contributed by atoms with Crippen molar-refractivity contribution in [1.82, 2.24) is 0 Å². The molecule has 298 valence electrons. The van der Waals surface area contributed by atoms with Crippen molar-refractivity contribution in [2.75, 3.05) is 6.61 Å². The van der Waals surface area contributed by atoms with E-state index in [1.807, 2.05) is 0 Å². The van der Waals surface area contributed by atoms with Gasteiger partial charge in [-0.1, -0.05) is 69.9 Å². The van der Waals surface area contributed by atoms with Gasteiger partial charge in [0.05, 0.1) is 12.2 Å². The van der Waals surface area contributed by atoms with Crippen LogP contribution in [0.2, 0.25) is 0 Å². The SMILES string of the molecule is O=S(=O)(O)c1c(F)c(F)c(OCC23CC4CC(C2)CC(OS(=O)(=O)c2c(C5CCCCC5)cc(C5CCCCC5)cc2C2CCCCC2)(C4)C3)c(F)c1F. The maximum Gasteiger partial charge on any atom is 0.300 e. The standard InChI is InChI=1S/C41H52F4O7S2/c42-33-35(44)39(53(46,47)48)36(45)34(43)37(33)51-24-40-19-25-16-26(20-40)22-41(21-25,23-40)52-54(49,50)38-31(28-12-6-2-7-13-28)17-30(27-10-4-1-5-11-27)18-32(38)29-14-8-3-9-15-29/h17-18,25-29H,1-16,19-24H2,(H,46,47,48). The van der Waals surface area contributed by atoms with Crippen LogP contribution in [0.5, 0.6) is 5.75 Å². The van der Waals surface area contributed by atoms with Crippen molar-refractivity contribution in [1.29, 1.82) is 0 Å². The van der Waals surface area contributed by atoms with Gasteiger partial charge in [0.25, 0.3) is 10.1 Å². The highest BCUT2D eigenvalue weighted by atomic mass is 32.2. The van der Waals surface area contributed by atoms with Gasteiger partial charge in [-0.05, 0) is 123 Å². The molecule has 0 radical (unpaired) electrons. The van der Waals surface area contributed by atoms with Crippen LogP contribution in [0.25, 0.3) is 0 Å². The van der Waals surface area contributed by atoms with Gasteiger partial charge >= 0.3 is 10.1 Å². The summed E-state index contributed by atoms with van der Waals surface area (Å²) in [6.07, 6.45) is 19.3. The number of halogens is 4. The maximum absolute atomic E-state index is 15.2. The summed E-state index contributed by atoms with van der Waals surface area (Å²) in [4.78, 5) is -1.75. The lowest BCUT2D eigenvalue weighted by Crippen LogP contribution is -2.59. The Morgan fingerprint density at radius 1 is 0.630 bits per heavy atom. The van der Waals surface area contributed by atoms with Gasteiger partial charge in [-0.15, -0.1) is 0 Å². The highest BCUT2D eigenvalue weighted by molar-refractivity contribution is 7.87. The van der Waals surface area contributed by atoms with Gasteiger partial charge in [-0.3, -0.25) is 8.74 Å². The van der Waals surface area contributed by atoms with E-state index in [4.69, 9.17) is 8.92 Å². The normalized spacial score (nSPS) is 29.9.